The van der Waals surface area contributed by atoms with Crippen LogP contribution < -0.4 is 16.0 Å². The molecular formula is C41H45FN6O4. The van der Waals surface area contributed by atoms with E-state index < -0.39 is 24.0 Å². The molecule has 270 valence electrons. The van der Waals surface area contributed by atoms with Gasteiger partial charge in [0.1, 0.15) is 17.8 Å². The number of carbonyl (C=O) groups is 2. The third kappa shape index (κ3) is 6.93. The highest BCUT2D eigenvalue weighted by Gasteiger charge is 2.45. The first-order chi connectivity index (χ1) is 25.0. The van der Waals surface area contributed by atoms with E-state index in [0.717, 1.165) is 70.6 Å². The van der Waals surface area contributed by atoms with E-state index in [0.29, 0.717) is 24.2 Å². The fraction of sp³-hybridized carbons (Fsp3) is 0.415. The monoisotopic (exact) mass is 704 g/mol. The van der Waals surface area contributed by atoms with Gasteiger partial charge in [-0.25, -0.2) is 4.39 Å². The second kappa shape index (κ2) is 14.2. The lowest BCUT2D eigenvalue weighted by atomic mass is 9.88. The normalized spacial score (nSPS) is 20.5. The molecule has 2 amide bonds. The summed E-state index contributed by atoms with van der Waals surface area (Å²) < 4.78 is 20.8. The highest BCUT2D eigenvalue weighted by Crippen LogP contribution is 2.48. The van der Waals surface area contributed by atoms with Crippen molar-refractivity contribution in [3.8, 4) is 17.2 Å². The van der Waals surface area contributed by atoms with Crippen molar-refractivity contribution in [1.82, 2.24) is 15.4 Å². The summed E-state index contributed by atoms with van der Waals surface area (Å²) in [6.45, 7) is 9.01. The fourth-order valence-corrected chi connectivity index (χ4v) is 7.87. The molecule has 3 aliphatic rings. The Kier molecular flexibility index (Phi) is 9.63. The number of rotatable bonds is 12. The van der Waals surface area contributed by atoms with Gasteiger partial charge in [-0.3, -0.25) is 19.8 Å². The van der Waals surface area contributed by atoms with E-state index in [4.69, 9.17) is 4.52 Å². The molecule has 7 rings (SSSR count). The van der Waals surface area contributed by atoms with Crippen LogP contribution in [0.2, 0.25) is 0 Å². The lowest BCUT2D eigenvalue weighted by Gasteiger charge is -2.31. The second-order valence-corrected chi connectivity index (χ2v) is 14.8. The molecule has 4 aromatic rings. The minimum absolute atomic E-state index is 0.0383. The number of piperidine rings is 1. The number of hydrogen-bond acceptors (Lipinski definition) is 9. The molecule has 11 heteroatoms. The van der Waals surface area contributed by atoms with Crippen molar-refractivity contribution in [1.29, 1.82) is 5.26 Å². The van der Waals surface area contributed by atoms with Crippen LogP contribution >= 0.6 is 0 Å². The number of imide groups is 1. The third-order valence-corrected chi connectivity index (χ3v) is 11.1. The average molecular weight is 705 g/mol. The zero-order valence-corrected chi connectivity index (χ0v) is 30.1. The van der Waals surface area contributed by atoms with E-state index in [1.54, 1.807) is 11.0 Å². The number of nitrogens with one attached hydrogen (secondary N) is 3. The molecule has 0 bridgehead atoms. The van der Waals surface area contributed by atoms with Crippen LogP contribution in [-0.2, 0) is 21.5 Å². The smallest absolute Gasteiger partial charge is 0.244 e. The maximum absolute atomic E-state index is 15.3. The Morgan fingerprint density at radius 3 is 2.58 bits per heavy atom. The zero-order chi connectivity index (χ0) is 36.7. The molecule has 10 nitrogen and oxygen atoms in total. The van der Waals surface area contributed by atoms with Crippen LogP contribution in [0.4, 0.5) is 15.8 Å². The summed E-state index contributed by atoms with van der Waals surface area (Å²) in [5.41, 5.74) is 8.45. The first kappa shape index (κ1) is 35.4. The summed E-state index contributed by atoms with van der Waals surface area (Å²) in [6.07, 6.45) is 2.76. The number of aliphatic hydroxyl groups is 1. The van der Waals surface area contributed by atoms with Crippen molar-refractivity contribution in [3.05, 3.63) is 99.7 Å². The van der Waals surface area contributed by atoms with E-state index in [-0.39, 0.29) is 36.2 Å². The molecule has 3 heterocycles. The molecule has 2 fully saturated rings. The van der Waals surface area contributed by atoms with Crippen molar-refractivity contribution >= 4 is 23.2 Å². The summed E-state index contributed by atoms with van der Waals surface area (Å²) in [6, 6.07) is 19.6. The number of hydrogen-bond donors (Lipinski definition) is 4. The molecular weight excluding hydrogens is 659 g/mol. The van der Waals surface area contributed by atoms with E-state index in [1.807, 2.05) is 13.8 Å². The van der Waals surface area contributed by atoms with Gasteiger partial charge in [-0.15, -0.1) is 0 Å². The van der Waals surface area contributed by atoms with Gasteiger partial charge in [-0.1, -0.05) is 36.3 Å². The molecule has 1 aromatic heterocycles. The van der Waals surface area contributed by atoms with Crippen molar-refractivity contribution in [3.63, 3.8) is 0 Å². The number of aliphatic hydroxyl groups excluding tert-OH is 1. The number of anilines is 2. The summed E-state index contributed by atoms with van der Waals surface area (Å²) >= 11 is 0. The van der Waals surface area contributed by atoms with Crippen LogP contribution in [0, 0.1) is 43.8 Å². The van der Waals surface area contributed by atoms with Gasteiger partial charge in [-0.05, 0) is 117 Å². The molecule has 4 N–H and O–H groups in total. The number of nitriles is 1. The molecule has 4 unspecified atom stereocenters. The number of carbonyl (C=O) groups excluding carboxylic acids is 2. The van der Waals surface area contributed by atoms with Gasteiger partial charge in [0.05, 0.1) is 34.9 Å². The molecule has 4 atom stereocenters. The van der Waals surface area contributed by atoms with Gasteiger partial charge in [0.15, 0.2) is 0 Å². The Morgan fingerprint density at radius 1 is 1.13 bits per heavy atom. The molecule has 1 saturated heterocycles. The number of fused-ring (bicyclic) bond motifs is 1. The number of aromatic nitrogens is 1. The van der Waals surface area contributed by atoms with Crippen LogP contribution in [-0.4, -0.2) is 39.6 Å². The van der Waals surface area contributed by atoms with Crippen LogP contribution in [0.15, 0.2) is 59.1 Å². The summed E-state index contributed by atoms with van der Waals surface area (Å²) in [4.78, 5) is 25.7. The van der Waals surface area contributed by atoms with E-state index in [2.05, 4.69) is 83.5 Å². The van der Waals surface area contributed by atoms with Crippen LogP contribution in [0.3, 0.4) is 0 Å². The quantitative estimate of drug-likeness (QED) is 0.112. The Balaban J connectivity index is 1.06. The van der Waals surface area contributed by atoms with Crippen LogP contribution in [0.1, 0.15) is 97.0 Å². The molecule has 2 aliphatic heterocycles. The average Bonchev–Trinajstić information content (AvgIpc) is 3.77. The van der Waals surface area contributed by atoms with Gasteiger partial charge >= 0.3 is 0 Å². The first-order valence-corrected chi connectivity index (χ1v) is 18.1. The lowest BCUT2D eigenvalue weighted by molar-refractivity contribution is -0.141. The van der Waals surface area contributed by atoms with Gasteiger partial charge in [-0.2, -0.15) is 5.26 Å². The van der Waals surface area contributed by atoms with Gasteiger partial charge in [0.25, 0.3) is 0 Å². The molecule has 1 saturated carbocycles. The number of benzene rings is 3. The minimum Gasteiger partial charge on any atom is -0.383 e. The standard InChI is InChI=1S/C41H45FN6O4/c1-23(13-16-44-35-19-28-21-48(40(51)32(28)20-33(35)42)36-11-12-37(49)46-39(36)50)17-34(45-30-9-7-29(8-10-30)41(22-43)14-15-41)31-18-27(6-5-24(31)2)38-25(3)47-52-26(38)4/h5-10,18-20,23,34,36,40,44-45,51H,11-17,21H2,1-4H3,(H,46,49,50). The molecule has 52 heavy (non-hydrogen) atoms. The fourth-order valence-electron chi connectivity index (χ4n) is 7.87. The Labute approximate surface area is 303 Å². The topological polar surface area (TPSA) is 144 Å². The second-order valence-electron chi connectivity index (χ2n) is 14.8. The number of halogens is 1. The largest absolute Gasteiger partial charge is 0.383 e. The van der Waals surface area contributed by atoms with E-state index >= 15 is 4.39 Å². The number of aryl methyl sites for hydroxylation is 3. The first-order valence-electron chi connectivity index (χ1n) is 18.1. The molecule has 1 aliphatic carbocycles. The molecule has 0 spiro atoms. The van der Waals surface area contributed by atoms with Crippen molar-refractivity contribution in [2.75, 3.05) is 17.2 Å². The van der Waals surface area contributed by atoms with Crippen LogP contribution in [0.25, 0.3) is 11.1 Å². The summed E-state index contributed by atoms with van der Waals surface area (Å²) in [5.74, 6) is -0.206. The third-order valence-electron chi connectivity index (χ3n) is 11.1. The van der Waals surface area contributed by atoms with Crippen molar-refractivity contribution in [2.24, 2.45) is 5.92 Å². The van der Waals surface area contributed by atoms with E-state index in [9.17, 15) is 20.0 Å². The highest BCUT2D eigenvalue weighted by atomic mass is 19.1. The van der Waals surface area contributed by atoms with Crippen molar-refractivity contribution in [2.45, 2.75) is 96.5 Å². The van der Waals surface area contributed by atoms with Crippen molar-refractivity contribution < 1.29 is 23.6 Å². The van der Waals surface area contributed by atoms with Crippen LogP contribution in [0.5, 0.6) is 0 Å². The Bertz CT molecular complexity index is 2030. The maximum Gasteiger partial charge on any atom is 0.244 e. The van der Waals surface area contributed by atoms with E-state index in [1.165, 1.54) is 11.6 Å². The Hall–Kier alpha value is -5.05. The Morgan fingerprint density at radius 2 is 1.90 bits per heavy atom. The van der Waals surface area contributed by atoms with Gasteiger partial charge < -0.3 is 20.3 Å². The lowest BCUT2D eigenvalue weighted by Crippen LogP contribution is -2.51. The zero-order valence-electron chi connectivity index (χ0n) is 30.1. The number of nitrogens with zero attached hydrogens (tertiary/aromatic N) is 3. The summed E-state index contributed by atoms with van der Waals surface area (Å²) in [7, 11) is 0. The van der Waals surface area contributed by atoms with Gasteiger partial charge in [0.2, 0.25) is 11.8 Å². The predicted molar refractivity (Wildman–Crippen MR) is 195 cm³/mol. The summed E-state index contributed by atoms with van der Waals surface area (Å²) in [5, 5.41) is 34.2. The maximum atomic E-state index is 15.3. The van der Waals surface area contributed by atoms with Gasteiger partial charge in [0, 0.05) is 36.3 Å². The minimum atomic E-state index is -1.12. The molecule has 0 radical (unpaired) electrons. The highest BCUT2D eigenvalue weighted by molar-refractivity contribution is 6.00. The molecule has 3 aromatic carbocycles. The predicted octanol–water partition coefficient (Wildman–Crippen LogP) is 7.25. The SMILES string of the molecule is Cc1ccc(-c2c(C)noc2C)cc1C(CC(C)CCNc1cc2c(cc1F)C(O)N(C1CCC(=O)NC1=O)C2)Nc1ccc(C2(C#N)CC2)cc1. The number of amides is 2.